The highest BCUT2D eigenvalue weighted by atomic mass is 35.5. The van der Waals surface area contributed by atoms with Gasteiger partial charge < -0.3 is 5.32 Å². The number of sulfonamides is 2. The van der Waals surface area contributed by atoms with Gasteiger partial charge >= 0.3 is 0 Å². The van der Waals surface area contributed by atoms with Gasteiger partial charge in [-0.3, -0.25) is 4.79 Å². The van der Waals surface area contributed by atoms with E-state index in [0.29, 0.717) is 5.56 Å². The van der Waals surface area contributed by atoms with Crippen molar-refractivity contribution in [2.75, 3.05) is 0 Å². The number of halogens is 1. The molecule has 1 amide bonds. The van der Waals surface area contributed by atoms with Gasteiger partial charge in [-0.25, -0.2) is 26.7 Å². The first-order chi connectivity index (χ1) is 13.2. The lowest BCUT2D eigenvalue weighted by atomic mass is 10.1. The molecule has 0 aromatic heterocycles. The van der Waals surface area contributed by atoms with Crippen molar-refractivity contribution in [1.29, 1.82) is 0 Å². The molecule has 11 heteroatoms. The van der Waals surface area contributed by atoms with E-state index in [9.17, 15) is 21.6 Å². The Morgan fingerprint density at radius 3 is 2.14 bits per heavy atom. The lowest BCUT2D eigenvalue weighted by Gasteiger charge is -2.21. The van der Waals surface area contributed by atoms with Gasteiger partial charge in [0.1, 0.15) is 4.90 Å². The molecule has 0 heterocycles. The van der Waals surface area contributed by atoms with Crippen molar-refractivity contribution in [3.8, 4) is 0 Å². The van der Waals surface area contributed by atoms with E-state index in [-0.39, 0.29) is 26.9 Å². The Balaban J connectivity index is 2.18. The van der Waals surface area contributed by atoms with Crippen LogP contribution in [-0.2, 0) is 26.6 Å². The molecule has 0 aliphatic rings. The van der Waals surface area contributed by atoms with Gasteiger partial charge in [0.15, 0.2) is 0 Å². The zero-order valence-electron chi connectivity index (χ0n) is 16.1. The largest absolute Gasteiger partial charge is 0.348 e. The molecule has 0 unspecified atom stereocenters. The average molecular weight is 460 g/mol. The summed E-state index contributed by atoms with van der Waals surface area (Å²) < 4.78 is 50.1. The summed E-state index contributed by atoms with van der Waals surface area (Å²) in [5, 5.41) is 7.68. The topological polar surface area (TPSA) is 135 Å². The van der Waals surface area contributed by atoms with Gasteiger partial charge in [0, 0.05) is 17.6 Å². The molecule has 0 aliphatic heterocycles. The maximum atomic E-state index is 12.5. The molecule has 0 fully saturated rings. The van der Waals surface area contributed by atoms with Gasteiger partial charge in [0.05, 0.1) is 9.92 Å². The lowest BCUT2D eigenvalue weighted by Crippen LogP contribution is -2.40. The maximum Gasteiger partial charge on any atom is 0.251 e. The third kappa shape index (κ3) is 6.51. The number of hydrogen-bond acceptors (Lipinski definition) is 5. The van der Waals surface area contributed by atoms with Crippen molar-refractivity contribution in [1.82, 2.24) is 10.0 Å². The zero-order chi connectivity index (χ0) is 22.0. The van der Waals surface area contributed by atoms with Gasteiger partial charge in [-0.2, -0.15) is 0 Å². The number of rotatable bonds is 6. The summed E-state index contributed by atoms with van der Waals surface area (Å²) >= 11 is 6.03. The SMILES string of the molecule is CC(C)(C)NS(=O)(=O)c1cc(C(=O)NCc2ccc(S(N)(=O)=O)cc2)ccc1Cl. The number of carbonyl (C=O) groups is 1. The normalized spacial score (nSPS) is 12.6. The maximum absolute atomic E-state index is 12.5. The Labute approximate surface area is 175 Å². The minimum atomic E-state index is -3.92. The highest BCUT2D eigenvalue weighted by Crippen LogP contribution is 2.24. The Hall–Kier alpha value is -1.98. The summed E-state index contributed by atoms with van der Waals surface area (Å²) in [6.07, 6.45) is 0. The van der Waals surface area contributed by atoms with Gasteiger partial charge in [0.25, 0.3) is 5.91 Å². The Morgan fingerprint density at radius 1 is 1.03 bits per heavy atom. The van der Waals surface area contributed by atoms with Crippen molar-refractivity contribution < 1.29 is 21.6 Å². The highest BCUT2D eigenvalue weighted by Gasteiger charge is 2.25. The summed E-state index contributed by atoms with van der Waals surface area (Å²) in [6.45, 7) is 5.18. The van der Waals surface area contributed by atoms with Crippen LogP contribution >= 0.6 is 11.6 Å². The van der Waals surface area contributed by atoms with Crippen LogP contribution in [0.3, 0.4) is 0 Å². The summed E-state index contributed by atoms with van der Waals surface area (Å²) in [5.74, 6) is -0.510. The third-order valence-electron chi connectivity index (χ3n) is 3.63. The van der Waals surface area contributed by atoms with Gasteiger partial charge in [-0.1, -0.05) is 23.7 Å². The first kappa shape index (κ1) is 23.3. The molecule has 8 nitrogen and oxygen atoms in total. The molecule has 0 saturated heterocycles. The van der Waals surface area contributed by atoms with Crippen molar-refractivity contribution in [3.05, 3.63) is 58.6 Å². The standard InChI is InChI=1S/C18H22ClN3O5S2/c1-18(2,3)22-29(26,27)16-10-13(6-9-15(16)19)17(23)21-11-12-4-7-14(8-5-12)28(20,24)25/h4-10,22H,11H2,1-3H3,(H,21,23)(H2,20,24,25). The lowest BCUT2D eigenvalue weighted by molar-refractivity contribution is 0.0950. The molecule has 0 aliphatic carbocycles. The van der Waals surface area contributed by atoms with Crippen molar-refractivity contribution in [3.63, 3.8) is 0 Å². The molecule has 0 bridgehead atoms. The number of nitrogens with two attached hydrogens (primary N) is 1. The first-order valence-electron chi connectivity index (χ1n) is 8.42. The smallest absolute Gasteiger partial charge is 0.251 e. The Morgan fingerprint density at radius 2 is 1.62 bits per heavy atom. The molecule has 0 radical (unpaired) electrons. The van der Waals surface area contributed by atoms with Gasteiger partial charge in [-0.15, -0.1) is 0 Å². The van der Waals surface area contributed by atoms with Crippen LogP contribution in [0, 0.1) is 0 Å². The fourth-order valence-corrected chi connectivity index (χ4v) is 4.85. The summed E-state index contributed by atoms with van der Waals surface area (Å²) in [4.78, 5) is 12.2. The van der Waals surface area contributed by atoms with Crippen LogP contribution in [0.4, 0.5) is 0 Å². The van der Waals surface area contributed by atoms with E-state index in [2.05, 4.69) is 10.0 Å². The Kier molecular flexibility index (Phi) is 6.75. The van der Waals surface area contributed by atoms with Crippen LogP contribution in [0.15, 0.2) is 52.3 Å². The van der Waals surface area contributed by atoms with E-state index in [4.69, 9.17) is 16.7 Å². The van der Waals surface area contributed by atoms with E-state index < -0.39 is 31.5 Å². The predicted octanol–water partition coefficient (Wildman–Crippen LogP) is 1.99. The monoisotopic (exact) mass is 459 g/mol. The molecule has 2 aromatic rings. The molecule has 2 rings (SSSR count). The number of nitrogens with one attached hydrogen (secondary N) is 2. The molecule has 0 saturated carbocycles. The van der Waals surface area contributed by atoms with Crippen LogP contribution < -0.4 is 15.2 Å². The predicted molar refractivity (Wildman–Crippen MR) is 111 cm³/mol. The second kappa shape index (κ2) is 8.41. The van der Waals surface area contributed by atoms with Crippen molar-refractivity contribution in [2.45, 2.75) is 42.6 Å². The first-order valence-corrected chi connectivity index (χ1v) is 11.8. The van der Waals surface area contributed by atoms with Crippen molar-refractivity contribution >= 4 is 37.6 Å². The van der Waals surface area contributed by atoms with Crippen LogP contribution in [0.25, 0.3) is 0 Å². The number of hydrogen-bond donors (Lipinski definition) is 3. The van der Waals surface area contributed by atoms with Gasteiger partial charge in [-0.05, 0) is 56.7 Å². The van der Waals surface area contributed by atoms with E-state index in [0.717, 1.165) is 0 Å². The minimum Gasteiger partial charge on any atom is -0.348 e. The fraction of sp³-hybridized carbons (Fsp3) is 0.278. The molecular weight excluding hydrogens is 438 g/mol. The molecule has 158 valence electrons. The van der Waals surface area contributed by atoms with Gasteiger partial charge in [0.2, 0.25) is 20.0 Å². The molecule has 2 aromatic carbocycles. The second-order valence-corrected chi connectivity index (χ2v) is 11.0. The number of benzene rings is 2. The molecule has 0 atom stereocenters. The van der Waals surface area contributed by atoms with E-state index in [1.807, 2.05) is 0 Å². The average Bonchev–Trinajstić information content (AvgIpc) is 2.57. The second-order valence-electron chi connectivity index (χ2n) is 7.37. The fourth-order valence-electron chi connectivity index (χ4n) is 2.39. The van der Waals surface area contributed by atoms with Crippen molar-refractivity contribution in [2.24, 2.45) is 5.14 Å². The van der Waals surface area contributed by atoms with Crippen LogP contribution in [0.5, 0.6) is 0 Å². The quantitative estimate of drug-likeness (QED) is 0.607. The molecule has 4 N–H and O–H groups in total. The Bertz CT molecular complexity index is 1120. The minimum absolute atomic E-state index is 0.00289. The number of carbonyl (C=O) groups excluding carboxylic acids is 1. The molecule has 29 heavy (non-hydrogen) atoms. The number of amides is 1. The van der Waals surface area contributed by atoms with E-state index in [1.54, 1.807) is 20.8 Å². The van der Waals surface area contributed by atoms with Crippen LogP contribution in [0.2, 0.25) is 5.02 Å². The molecule has 0 spiro atoms. The van der Waals surface area contributed by atoms with Crippen LogP contribution in [-0.4, -0.2) is 28.3 Å². The number of primary sulfonamides is 1. The summed E-state index contributed by atoms with van der Waals surface area (Å²) in [7, 11) is -7.71. The highest BCUT2D eigenvalue weighted by molar-refractivity contribution is 7.89. The van der Waals surface area contributed by atoms with E-state index >= 15 is 0 Å². The summed E-state index contributed by atoms with van der Waals surface area (Å²) in [5.41, 5.74) is 0.0376. The summed E-state index contributed by atoms with van der Waals surface area (Å²) in [6, 6.07) is 9.67. The van der Waals surface area contributed by atoms with Crippen LogP contribution in [0.1, 0.15) is 36.7 Å². The zero-order valence-corrected chi connectivity index (χ0v) is 18.5. The molecular formula is C18H22ClN3O5S2. The van der Waals surface area contributed by atoms with E-state index in [1.165, 1.54) is 42.5 Å². The third-order valence-corrected chi connectivity index (χ3v) is 6.80.